The maximum absolute atomic E-state index is 14.0. The van der Waals surface area contributed by atoms with Crippen molar-refractivity contribution in [3.63, 3.8) is 0 Å². The lowest BCUT2D eigenvalue weighted by Crippen LogP contribution is -2.33. The molecule has 2 aromatic rings. The first-order valence-electron chi connectivity index (χ1n) is 14.1. The first-order valence-corrected chi connectivity index (χ1v) is 14.1. The number of hydrogen-bond donors (Lipinski definition) is 2. The summed E-state index contributed by atoms with van der Waals surface area (Å²) >= 11 is 0. The highest BCUT2D eigenvalue weighted by Gasteiger charge is 2.30. The number of aromatic amines is 1. The summed E-state index contributed by atoms with van der Waals surface area (Å²) < 4.78 is 27.7. The highest BCUT2D eigenvalue weighted by molar-refractivity contribution is 5.83. The van der Waals surface area contributed by atoms with E-state index in [4.69, 9.17) is 0 Å². The first-order chi connectivity index (χ1) is 16.4. The number of hydrogen-bond acceptors (Lipinski definition) is 1. The Morgan fingerprint density at radius 1 is 0.882 bits per heavy atom. The molecule has 4 rings (SSSR count). The van der Waals surface area contributed by atoms with Crippen molar-refractivity contribution in [1.82, 2.24) is 10.3 Å². The monoisotopic (exact) mass is 472 g/mol. The molecule has 34 heavy (non-hydrogen) atoms. The standard InChI is InChI=1S/C30H46F2N2/c1-30(2)16-9-5-3-4-6-11-23(20-30)22-10-7-8-12-26(14-13-22)33-17-15-24-21-34-29-27(24)18-25(31)19-28(29)32/h18-19,21-23,26,33-34H,3-17,20H2,1-2H3. The summed E-state index contributed by atoms with van der Waals surface area (Å²) in [5.74, 6) is 0.753. The summed E-state index contributed by atoms with van der Waals surface area (Å²) in [6.45, 7) is 5.88. The van der Waals surface area contributed by atoms with Crippen molar-refractivity contribution in [1.29, 1.82) is 0 Å². The van der Waals surface area contributed by atoms with E-state index in [2.05, 4.69) is 24.1 Å². The molecule has 0 aliphatic heterocycles. The van der Waals surface area contributed by atoms with E-state index in [9.17, 15) is 8.78 Å². The third-order valence-corrected chi connectivity index (χ3v) is 8.79. The predicted octanol–water partition coefficient (Wildman–Crippen LogP) is 8.69. The van der Waals surface area contributed by atoms with Gasteiger partial charge in [0.05, 0.1) is 5.52 Å². The zero-order chi connectivity index (χ0) is 24.0. The van der Waals surface area contributed by atoms with Crippen LogP contribution in [-0.2, 0) is 6.42 Å². The Bertz CT molecular complexity index is 903. The first kappa shape index (κ1) is 25.7. The lowest BCUT2D eigenvalue weighted by atomic mass is 9.69. The molecule has 1 heterocycles. The molecule has 0 spiro atoms. The van der Waals surface area contributed by atoms with E-state index in [1.54, 1.807) is 0 Å². The van der Waals surface area contributed by atoms with Crippen molar-refractivity contribution in [3.8, 4) is 0 Å². The second kappa shape index (κ2) is 12.0. The van der Waals surface area contributed by atoms with Crippen LogP contribution in [0.2, 0.25) is 0 Å². The van der Waals surface area contributed by atoms with Gasteiger partial charge in [-0.15, -0.1) is 0 Å². The van der Waals surface area contributed by atoms with Crippen molar-refractivity contribution in [2.45, 2.75) is 116 Å². The molecule has 190 valence electrons. The second-order valence-electron chi connectivity index (χ2n) is 12.1. The Morgan fingerprint density at radius 3 is 2.50 bits per heavy atom. The van der Waals surface area contributed by atoms with Crippen LogP contribution in [0.15, 0.2) is 18.3 Å². The Kier molecular flexibility index (Phi) is 9.07. The van der Waals surface area contributed by atoms with E-state index in [1.807, 2.05) is 6.20 Å². The number of rotatable bonds is 5. The molecule has 2 saturated carbocycles. The molecular formula is C30H46F2N2. The number of nitrogens with one attached hydrogen (secondary N) is 2. The Balaban J connectivity index is 1.31. The van der Waals surface area contributed by atoms with Crippen LogP contribution in [0.5, 0.6) is 0 Å². The molecule has 2 fully saturated rings. The molecule has 0 amide bonds. The van der Waals surface area contributed by atoms with Gasteiger partial charge in [-0.3, -0.25) is 0 Å². The zero-order valence-electron chi connectivity index (χ0n) is 21.5. The highest BCUT2D eigenvalue weighted by Crippen LogP contribution is 2.41. The zero-order valence-corrected chi connectivity index (χ0v) is 21.5. The minimum atomic E-state index is -0.510. The van der Waals surface area contributed by atoms with Gasteiger partial charge in [0.15, 0.2) is 0 Å². The average Bonchev–Trinajstić information content (AvgIpc) is 3.17. The molecule has 3 atom stereocenters. The van der Waals surface area contributed by atoms with Crippen LogP contribution < -0.4 is 5.32 Å². The molecule has 4 heteroatoms. The topological polar surface area (TPSA) is 27.8 Å². The normalized spacial score (nSPS) is 27.2. The molecule has 2 aliphatic carbocycles. The summed E-state index contributed by atoms with van der Waals surface area (Å²) in [6.07, 6.45) is 21.9. The van der Waals surface area contributed by atoms with Gasteiger partial charge >= 0.3 is 0 Å². The van der Waals surface area contributed by atoms with E-state index in [0.717, 1.165) is 36.4 Å². The van der Waals surface area contributed by atoms with Crippen LogP contribution in [0.1, 0.15) is 109 Å². The highest BCUT2D eigenvalue weighted by atomic mass is 19.1. The Morgan fingerprint density at radius 2 is 1.62 bits per heavy atom. The smallest absolute Gasteiger partial charge is 0.150 e. The maximum atomic E-state index is 14.0. The minimum absolute atomic E-state index is 0.416. The van der Waals surface area contributed by atoms with Crippen LogP contribution in [0.25, 0.3) is 10.9 Å². The van der Waals surface area contributed by atoms with Crippen LogP contribution in [-0.4, -0.2) is 17.6 Å². The van der Waals surface area contributed by atoms with Gasteiger partial charge in [-0.1, -0.05) is 71.6 Å². The molecular weight excluding hydrogens is 426 g/mol. The van der Waals surface area contributed by atoms with Gasteiger partial charge < -0.3 is 10.3 Å². The van der Waals surface area contributed by atoms with Gasteiger partial charge in [-0.05, 0) is 74.0 Å². The third-order valence-electron chi connectivity index (χ3n) is 8.79. The SMILES string of the molecule is CC1(C)CCCCCCCC(C2CCCCC(NCCc3c[nH]c4c(F)cc(F)cc34)CC2)C1. The van der Waals surface area contributed by atoms with Crippen molar-refractivity contribution in [2.75, 3.05) is 6.54 Å². The van der Waals surface area contributed by atoms with Gasteiger partial charge in [-0.25, -0.2) is 8.78 Å². The van der Waals surface area contributed by atoms with Gasteiger partial charge in [0, 0.05) is 23.7 Å². The van der Waals surface area contributed by atoms with Gasteiger partial charge in [0.25, 0.3) is 0 Å². The number of H-pyrrole nitrogens is 1. The lowest BCUT2D eigenvalue weighted by Gasteiger charge is -2.37. The summed E-state index contributed by atoms with van der Waals surface area (Å²) in [4.78, 5) is 2.99. The molecule has 1 aromatic carbocycles. The molecule has 2 aliphatic rings. The van der Waals surface area contributed by atoms with Crippen molar-refractivity contribution < 1.29 is 8.78 Å². The lowest BCUT2D eigenvalue weighted by molar-refractivity contribution is 0.148. The molecule has 1 aromatic heterocycles. The van der Waals surface area contributed by atoms with Crippen LogP contribution in [0, 0.1) is 28.9 Å². The Labute approximate surface area is 205 Å². The minimum Gasteiger partial charge on any atom is -0.359 e. The van der Waals surface area contributed by atoms with E-state index in [1.165, 1.54) is 96.0 Å². The molecule has 2 nitrogen and oxygen atoms in total. The number of aromatic nitrogens is 1. The quantitative estimate of drug-likeness (QED) is 0.447. The summed E-state index contributed by atoms with van der Waals surface area (Å²) in [6, 6.07) is 2.96. The Hall–Kier alpha value is -1.42. The van der Waals surface area contributed by atoms with Crippen molar-refractivity contribution >= 4 is 10.9 Å². The van der Waals surface area contributed by atoms with E-state index < -0.39 is 11.6 Å². The summed E-state index contributed by atoms with van der Waals surface area (Å²) in [5, 5.41) is 4.48. The fourth-order valence-electron chi connectivity index (χ4n) is 6.86. The third kappa shape index (κ3) is 7.06. The van der Waals surface area contributed by atoms with Crippen molar-refractivity contribution in [2.24, 2.45) is 17.3 Å². The van der Waals surface area contributed by atoms with E-state index in [0.29, 0.717) is 22.4 Å². The predicted molar refractivity (Wildman–Crippen MR) is 139 cm³/mol. The van der Waals surface area contributed by atoms with E-state index >= 15 is 0 Å². The average molecular weight is 473 g/mol. The fourth-order valence-corrected chi connectivity index (χ4v) is 6.86. The molecule has 0 saturated heterocycles. The number of halogens is 2. The van der Waals surface area contributed by atoms with Crippen molar-refractivity contribution in [3.05, 3.63) is 35.5 Å². The van der Waals surface area contributed by atoms with Crippen LogP contribution in [0.4, 0.5) is 8.78 Å². The molecule has 0 radical (unpaired) electrons. The van der Waals surface area contributed by atoms with Crippen LogP contribution in [0.3, 0.4) is 0 Å². The van der Waals surface area contributed by atoms with Crippen LogP contribution >= 0.6 is 0 Å². The fraction of sp³-hybridized carbons (Fsp3) is 0.733. The van der Waals surface area contributed by atoms with Gasteiger partial charge in [-0.2, -0.15) is 0 Å². The van der Waals surface area contributed by atoms with Gasteiger partial charge in [0.1, 0.15) is 11.6 Å². The number of fused-ring (bicyclic) bond motifs is 1. The molecule has 2 N–H and O–H groups in total. The number of benzene rings is 1. The summed E-state index contributed by atoms with van der Waals surface area (Å²) in [7, 11) is 0. The largest absolute Gasteiger partial charge is 0.359 e. The van der Waals surface area contributed by atoms with Gasteiger partial charge in [0.2, 0.25) is 0 Å². The molecule has 3 unspecified atom stereocenters. The summed E-state index contributed by atoms with van der Waals surface area (Å²) in [5.41, 5.74) is 1.90. The van der Waals surface area contributed by atoms with E-state index in [-0.39, 0.29) is 0 Å². The molecule has 0 bridgehead atoms. The second-order valence-corrected chi connectivity index (χ2v) is 12.1. The maximum Gasteiger partial charge on any atom is 0.150 e.